The second kappa shape index (κ2) is 6.99. The Morgan fingerprint density at radius 3 is 2.96 bits per heavy atom. The van der Waals surface area contributed by atoms with E-state index in [4.69, 9.17) is 9.15 Å². The number of cyclic esters (lactones) is 1. The monoisotopic (exact) mass is 387 g/mol. The van der Waals surface area contributed by atoms with Gasteiger partial charge in [-0.25, -0.2) is 4.79 Å². The molecule has 9 heteroatoms. The van der Waals surface area contributed by atoms with E-state index in [0.717, 1.165) is 10.6 Å². The predicted octanol–water partition coefficient (Wildman–Crippen LogP) is 2.10. The largest absolute Gasteiger partial charge is 0.459 e. The number of nitrogens with zero attached hydrogens (tertiary/aromatic N) is 2. The van der Waals surface area contributed by atoms with Crippen molar-refractivity contribution in [3.63, 3.8) is 0 Å². The molecule has 0 radical (unpaired) electrons. The average Bonchev–Trinajstić information content (AvgIpc) is 3.32. The lowest BCUT2D eigenvalue weighted by atomic mass is 10.2. The van der Waals surface area contributed by atoms with Crippen molar-refractivity contribution in [1.82, 2.24) is 5.32 Å². The molecular formula is C18H17N3O5S. The van der Waals surface area contributed by atoms with Crippen molar-refractivity contribution in [2.24, 2.45) is 0 Å². The van der Waals surface area contributed by atoms with Crippen LogP contribution >= 0.6 is 11.8 Å². The molecule has 1 aromatic carbocycles. The van der Waals surface area contributed by atoms with Gasteiger partial charge >= 0.3 is 6.09 Å². The van der Waals surface area contributed by atoms with E-state index in [1.807, 2.05) is 12.1 Å². The Balaban J connectivity index is 1.42. The van der Waals surface area contributed by atoms with Crippen molar-refractivity contribution in [3.05, 3.63) is 42.4 Å². The summed E-state index contributed by atoms with van der Waals surface area (Å²) in [6.45, 7) is 0.522. The quantitative estimate of drug-likeness (QED) is 0.864. The van der Waals surface area contributed by atoms with Gasteiger partial charge in [-0.05, 0) is 30.3 Å². The molecule has 4 rings (SSSR count). The highest BCUT2D eigenvalue weighted by molar-refractivity contribution is 8.00. The number of carbonyl (C=O) groups excluding carboxylic acids is 3. The number of furan rings is 1. The Morgan fingerprint density at radius 2 is 2.19 bits per heavy atom. The normalized spacial score (nSPS) is 19.1. The van der Waals surface area contributed by atoms with Gasteiger partial charge in [0.05, 0.1) is 30.8 Å². The van der Waals surface area contributed by atoms with Crippen molar-refractivity contribution in [1.29, 1.82) is 0 Å². The van der Waals surface area contributed by atoms with E-state index in [1.54, 1.807) is 30.1 Å². The highest BCUT2D eigenvalue weighted by Crippen LogP contribution is 2.38. The number of rotatable bonds is 4. The Morgan fingerprint density at radius 1 is 1.33 bits per heavy atom. The molecule has 1 aromatic heterocycles. The fourth-order valence-corrected chi connectivity index (χ4v) is 4.00. The molecular weight excluding hydrogens is 370 g/mol. The van der Waals surface area contributed by atoms with Crippen LogP contribution in [0.15, 0.2) is 45.9 Å². The molecule has 0 aliphatic carbocycles. The number of fused-ring (bicyclic) bond motifs is 1. The summed E-state index contributed by atoms with van der Waals surface area (Å²) in [5.74, 6) is 0.279. The van der Waals surface area contributed by atoms with Gasteiger partial charge in [0.2, 0.25) is 5.91 Å². The first-order valence-electron chi connectivity index (χ1n) is 8.36. The number of anilines is 2. The number of benzene rings is 1. The third-order valence-electron chi connectivity index (χ3n) is 4.45. The van der Waals surface area contributed by atoms with Gasteiger partial charge in [-0.15, -0.1) is 11.8 Å². The van der Waals surface area contributed by atoms with E-state index in [1.165, 1.54) is 22.9 Å². The Labute approximate surface area is 159 Å². The molecule has 2 aliphatic rings. The van der Waals surface area contributed by atoms with Crippen LogP contribution in [0.3, 0.4) is 0 Å². The fraction of sp³-hybridized carbons (Fsp3) is 0.278. The summed E-state index contributed by atoms with van der Waals surface area (Å²) in [4.78, 5) is 40.0. The first kappa shape index (κ1) is 17.5. The fourth-order valence-electron chi connectivity index (χ4n) is 2.97. The minimum atomic E-state index is -0.461. The number of thioether (sulfide) groups is 1. The van der Waals surface area contributed by atoms with Crippen LogP contribution in [0.5, 0.6) is 0 Å². The molecule has 1 fully saturated rings. The first-order valence-corrected chi connectivity index (χ1v) is 9.35. The summed E-state index contributed by atoms with van der Waals surface area (Å²) in [6.07, 6.45) is 0.507. The van der Waals surface area contributed by atoms with E-state index < -0.39 is 12.2 Å². The number of amides is 3. The molecule has 140 valence electrons. The summed E-state index contributed by atoms with van der Waals surface area (Å²) in [6, 6.07) is 8.70. The van der Waals surface area contributed by atoms with Crippen LogP contribution in [0.1, 0.15) is 10.6 Å². The molecule has 0 bridgehead atoms. The van der Waals surface area contributed by atoms with Crippen LogP contribution < -0.4 is 15.1 Å². The van der Waals surface area contributed by atoms with E-state index in [0.29, 0.717) is 18.0 Å². The molecule has 3 amide bonds. The Hall–Kier alpha value is -2.94. The van der Waals surface area contributed by atoms with Gasteiger partial charge in [0.15, 0.2) is 5.76 Å². The van der Waals surface area contributed by atoms with Crippen molar-refractivity contribution in [2.75, 3.05) is 35.7 Å². The zero-order chi connectivity index (χ0) is 19.0. The van der Waals surface area contributed by atoms with E-state index in [9.17, 15) is 14.4 Å². The third kappa shape index (κ3) is 3.37. The van der Waals surface area contributed by atoms with E-state index in [2.05, 4.69) is 5.32 Å². The lowest BCUT2D eigenvalue weighted by Gasteiger charge is -2.26. The van der Waals surface area contributed by atoms with Crippen LogP contribution in [-0.4, -0.2) is 49.9 Å². The summed E-state index contributed by atoms with van der Waals surface area (Å²) in [5.41, 5.74) is 1.53. The molecule has 3 heterocycles. The molecule has 0 saturated carbocycles. The van der Waals surface area contributed by atoms with Crippen molar-refractivity contribution >= 4 is 41.0 Å². The number of ether oxygens (including phenoxy) is 1. The smallest absolute Gasteiger partial charge is 0.414 e. The van der Waals surface area contributed by atoms with Crippen LogP contribution in [0, 0.1) is 0 Å². The predicted molar refractivity (Wildman–Crippen MR) is 99.2 cm³/mol. The molecule has 2 aromatic rings. The van der Waals surface area contributed by atoms with Gasteiger partial charge < -0.3 is 19.4 Å². The van der Waals surface area contributed by atoms with Crippen molar-refractivity contribution < 1.29 is 23.5 Å². The molecule has 27 heavy (non-hydrogen) atoms. The minimum absolute atomic E-state index is 0.0493. The van der Waals surface area contributed by atoms with Crippen LogP contribution in [0.4, 0.5) is 16.2 Å². The Kier molecular flexibility index (Phi) is 4.53. The highest BCUT2D eigenvalue weighted by Gasteiger charge is 2.33. The molecule has 0 spiro atoms. The molecule has 1 N–H and O–H groups in total. The zero-order valence-corrected chi connectivity index (χ0v) is 15.3. The van der Waals surface area contributed by atoms with E-state index >= 15 is 0 Å². The van der Waals surface area contributed by atoms with Crippen LogP contribution in [0.2, 0.25) is 0 Å². The van der Waals surface area contributed by atoms with Crippen molar-refractivity contribution in [2.45, 2.75) is 11.0 Å². The van der Waals surface area contributed by atoms with Gasteiger partial charge in [0.25, 0.3) is 5.91 Å². The lowest BCUT2D eigenvalue weighted by molar-refractivity contribution is -0.116. The number of hydrogen-bond acceptors (Lipinski definition) is 6. The van der Waals surface area contributed by atoms with Crippen molar-refractivity contribution in [3.8, 4) is 0 Å². The lowest BCUT2D eigenvalue weighted by Crippen LogP contribution is -2.34. The second-order valence-electron chi connectivity index (χ2n) is 6.20. The summed E-state index contributed by atoms with van der Waals surface area (Å²) < 4.78 is 10.4. The maximum atomic E-state index is 12.2. The third-order valence-corrected chi connectivity index (χ3v) is 5.48. The summed E-state index contributed by atoms with van der Waals surface area (Å²) in [7, 11) is 1.74. The van der Waals surface area contributed by atoms with Gasteiger partial charge in [0.1, 0.15) is 6.10 Å². The maximum absolute atomic E-state index is 12.2. The minimum Gasteiger partial charge on any atom is -0.459 e. The van der Waals surface area contributed by atoms with Gasteiger partial charge in [-0.3, -0.25) is 14.5 Å². The highest BCUT2D eigenvalue weighted by atomic mass is 32.2. The SMILES string of the molecule is CN1C(=O)CSc2cc(N3C[C@H](CNC(=O)c4ccco4)OC3=O)ccc21. The first-order chi connectivity index (χ1) is 13.0. The number of hydrogen-bond donors (Lipinski definition) is 1. The average molecular weight is 387 g/mol. The molecule has 0 unspecified atom stereocenters. The van der Waals surface area contributed by atoms with Gasteiger partial charge in [0, 0.05) is 17.6 Å². The zero-order valence-electron chi connectivity index (χ0n) is 14.5. The second-order valence-corrected chi connectivity index (χ2v) is 7.21. The number of carbonyl (C=O) groups is 3. The number of nitrogens with one attached hydrogen (secondary N) is 1. The maximum Gasteiger partial charge on any atom is 0.414 e. The van der Waals surface area contributed by atoms with Gasteiger partial charge in [-0.2, -0.15) is 0 Å². The molecule has 2 aliphatic heterocycles. The standard InChI is InChI=1S/C18H17N3O5S/c1-20-13-5-4-11(7-15(13)27-10-16(20)22)21-9-12(26-18(21)24)8-19-17(23)14-3-2-6-25-14/h2-7,12H,8-10H2,1H3,(H,19,23)/t12-/m0/s1. The topological polar surface area (TPSA) is 92.1 Å². The van der Waals surface area contributed by atoms with Gasteiger partial charge in [-0.1, -0.05) is 0 Å². The summed E-state index contributed by atoms with van der Waals surface area (Å²) in [5, 5.41) is 2.70. The molecule has 1 saturated heterocycles. The Bertz CT molecular complexity index is 898. The summed E-state index contributed by atoms with van der Waals surface area (Å²) >= 11 is 1.45. The van der Waals surface area contributed by atoms with Crippen LogP contribution in [-0.2, 0) is 9.53 Å². The molecule has 1 atom stereocenters. The van der Waals surface area contributed by atoms with E-state index in [-0.39, 0.29) is 24.1 Å². The van der Waals surface area contributed by atoms with Crippen LogP contribution in [0.25, 0.3) is 0 Å². The molecule has 8 nitrogen and oxygen atoms in total.